The SMILES string of the molecule is COC(=O)c1cc2cc(S(=O)(=O)NCc3c(Cl)cccc3-n3ccnc3)sc2s1. The Kier molecular flexibility index (Phi) is 5.45. The number of imidazole rings is 1. The molecular formula is C18H14ClN3O4S3. The third kappa shape index (κ3) is 3.94. The fourth-order valence-electron chi connectivity index (χ4n) is 2.75. The smallest absolute Gasteiger partial charge is 0.348 e. The maximum Gasteiger partial charge on any atom is 0.348 e. The van der Waals surface area contributed by atoms with E-state index in [2.05, 4.69) is 9.71 Å². The number of carbonyl (C=O) groups is 1. The Bertz CT molecular complexity index is 1260. The van der Waals surface area contributed by atoms with Gasteiger partial charge in [0.1, 0.15) is 9.09 Å². The number of nitrogens with zero attached hydrogens (tertiary/aromatic N) is 2. The van der Waals surface area contributed by atoms with E-state index in [0.29, 0.717) is 20.8 Å². The maximum absolute atomic E-state index is 12.8. The number of esters is 1. The van der Waals surface area contributed by atoms with E-state index in [0.717, 1.165) is 21.0 Å². The zero-order valence-electron chi connectivity index (χ0n) is 15.0. The van der Waals surface area contributed by atoms with E-state index < -0.39 is 16.0 Å². The second-order valence-corrected chi connectivity index (χ2v) is 10.7. The Morgan fingerprint density at radius 1 is 1.31 bits per heavy atom. The van der Waals surface area contributed by atoms with Crippen molar-refractivity contribution in [1.29, 1.82) is 0 Å². The Morgan fingerprint density at radius 3 is 2.83 bits per heavy atom. The van der Waals surface area contributed by atoms with Gasteiger partial charge in [0.05, 0.1) is 23.1 Å². The Hall–Kier alpha value is -2.24. The van der Waals surface area contributed by atoms with Crippen LogP contribution in [0.2, 0.25) is 5.02 Å². The summed E-state index contributed by atoms with van der Waals surface area (Å²) < 4.78 is 35.6. The highest BCUT2D eigenvalue weighted by Crippen LogP contribution is 2.36. The van der Waals surface area contributed by atoms with Crippen LogP contribution in [0.25, 0.3) is 15.1 Å². The van der Waals surface area contributed by atoms with Crippen molar-refractivity contribution in [3.8, 4) is 5.69 Å². The molecule has 4 aromatic rings. The molecular weight excluding hydrogens is 454 g/mol. The highest BCUT2D eigenvalue weighted by molar-refractivity contribution is 7.91. The van der Waals surface area contributed by atoms with Crippen molar-refractivity contribution in [2.24, 2.45) is 0 Å². The first-order chi connectivity index (χ1) is 13.9. The van der Waals surface area contributed by atoms with Crippen LogP contribution in [0, 0.1) is 0 Å². The molecule has 7 nitrogen and oxygen atoms in total. The molecule has 0 unspecified atom stereocenters. The van der Waals surface area contributed by atoms with E-state index in [-0.39, 0.29) is 10.8 Å². The van der Waals surface area contributed by atoms with Gasteiger partial charge >= 0.3 is 5.97 Å². The number of aromatic nitrogens is 2. The molecule has 0 aliphatic heterocycles. The van der Waals surface area contributed by atoms with Gasteiger partial charge in [-0.1, -0.05) is 17.7 Å². The predicted octanol–water partition coefficient (Wildman–Crippen LogP) is 4.07. The van der Waals surface area contributed by atoms with Gasteiger partial charge in [-0.05, 0) is 24.3 Å². The number of carbonyl (C=O) groups excluding carboxylic acids is 1. The van der Waals surface area contributed by atoms with E-state index >= 15 is 0 Å². The molecule has 0 atom stereocenters. The van der Waals surface area contributed by atoms with Crippen LogP contribution >= 0.6 is 34.3 Å². The molecule has 0 amide bonds. The number of benzene rings is 1. The van der Waals surface area contributed by atoms with E-state index in [1.807, 2.05) is 6.07 Å². The van der Waals surface area contributed by atoms with Gasteiger partial charge in [0.25, 0.3) is 0 Å². The monoisotopic (exact) mass is 467 g/mol. The van der Waals surface area contributed by atoms with E-state index in [1.54, 1.807) is 47.6 Å². The topological polar surface area (TPSA) is 90.3 Å². The van der Waals surface area contributed by atoms with Crippen molar-refractivity contribution in [1.82, 2.24) is 14.3 Å². The molecule has 0 spiro atoms. The summed E-state index contributed by atoms with van der Waals surface area (Å²) in [5.41, 5.74) is 1.38. The summed E-state index contributed by atoms with van der Waals surface area (Å²) in [6.45, 7) is 0.0223. The first kappa shape index (κ1) is 20.0. The van der Waals surface area contributed by atoms with Crippen LogP contribution in [0.15, 0.2) is 53.3 Å². The number of methoxy groups -OCH3 is 1. The third-order valence-corrected chi connectivity index (χ3v) is 8.76. The lowest BCUT2D eigenvalue weighted by Crippen LogP contribution is -2.23. The van der Waals surface area contributed by atoms with Gasteiger partial charge < -0.3 is 9.30 Å². The summed E-state index contributed by atoms with van der Waals surface area (Å²) in [5.74, 6) is -0.438. The number of rotatable bonds is 6. The number of fused-ring (bicyclic) bond motifs is 1. The minimum absolute atomic E-state index is 0.0223. The summed E-state index contributed by atoms with van der Waals surface area (Å²) in [6.07, 6.45) is 5.02. The summed E-state index contributed by atoms with van der Waals surface area (Å²) in [4.78, 5) is 16.1. The van der Waals surface area contributed by atoms with E-state index in [4.69, 9.17) is 16.3 Å². The van der Waals surface area contributed by atoms with Crippen LogP contribution in [-0.2, 0) is 21.3 Å². The van der Waals surface area contributed by atoms with Gasteiger partial charge in [-0.15, -0.1) is 22.7 Å². The molecule has 4 rings (SSSR count). The summed E-state index contributed by atoms with van der Waals surface area (Å²) >= 11 is 8.63. The largest absolute Gasteiger partial charge is 0.465 e. The van der Waals surface area contributed by atoms with Gasteiger partial charge in [-0.25, -0.2) is 22.9 Å². The highest BCUT2D eigenvalue weighted by atomic mass is 35.5. The van der Waals surface area contributed by atoms with E-state index in [1.165, 1.54) is 18.4 Å². The number of halogens is 1. The minimum atomic E-state index is -3.76. The van der Waals surface area contributed by atoms with Crippen molar-refractivity contribution in [3.05, 3.63) is 64.5 Å². The fourth-order valence-corrected chi connectivity index (χ4v) is 6.87. The predicted molar refractivity (Wildman–Crippen MR) is 114 cm³/mol. The molecule has 29 heavy (non-hydrogen) atoms. The van der Waals surface area contributed by atoms with Crippen LogP contribution in [-0.4, -0.2) is 31.0 Å². The van der Waals surface area contributed by atoms with Crippen LogP contribution in [0.1, 0.15) is 15.2 Å². The van der Waals surface area contributed by atoms with Crippen LogP contribution in [0.4, 0.5) is 0 Å². The third-order valence-electron chi connectivity index (χ3n) is 4.16. The number of sulfonamides is 1. The van der Waals surface area contributed by atoms with Crippen LogP contribution in [0.5, 0.6) is 0 Å². The number of nitrogens with one attached hydrogen (secondary N) is 1. The molecule has 0 bridgehead atoms. The van der Waals surface area contributed by atoms with Crippen molar-refractivity contribution in [2.45, 2.75) is 10.8 Å². The highest BCUT2D eigenvalue weighted by Gasteiger charge is 2.21. The van der Waals surface area contributed by atoms with Gasteiger partial charge in [0, 0.05) is 34.9 Å². The lowest BCUT2D eigenvalue weighted by atomic mass is 10.2. The molecule has 0 fully saturated rings. The van der Waals surface area contributed by atoms with Gasteiger partial charge in [-0.2, -0.15) is 0 Å². The quantitative estimate of drug-likeness (QED) is 0.432. The first-order valence-corrected chi connectivity index (χ1v) is 11.8. The fraction of sp³-hybridized carbons (Fsp3) is 0.111. The summed E-state index contributed by atoms with van der Waals surface area (Å²) in [6, 6.07) is 8.52. The zero-order valence-corrected chi connectivity index (χ0v) is 18.2. The lowest BCUT2D eigenvalue weighted by Gasteiger charge is -2.13. The van der Waals surface area contributed by atoms with Crippen molar-refractivity contribution in [3.63, 3.8) is 0 Å². The van der Waals surface area contributed by atoms with E-state index in [9.17, 15) is 13.2 Å². The van der Waals surface area contributed by atoms with Crippen molar-refractivity contribution in [2.75, 3.05) is 7.11 Å². The standard InChI is InChI=1S/C18H14ClN3O4S3/c1-26-17(23)15-7-11-8-16(28-18(11)27-15)29(24,25)21-9-12-13(19)3-2-4-14(12)22-6-5-20-10-22/h2-8,10,21H,9H2,1H3. The molecule has 0 saturated carbocycles. The molecule has 0 aliphatic rings. The summed E-state index contributed by atoms with van der Waals surface area (Å²) in [5, 5.41) is 1.14. The Labute approximate surface area is 179 Å². The van der Waals surface area contributed by atoms with Crippen molar-refractivity contribution < 1.29 is 17.9 Å². The molecule has 3 heterocycles. The number of thiophene rings is 2. The van der Waals surface area contributed by atoms with Crippen LogP contribution in [0.3, 0.4) is 0 Å². The number of ether oxygens (including phenoxy) is 1. The molecule has 0 saturated heterocycles. The average molecular weight is 468 g/mol. The molecule has 1 aromatic carbocycles. The van der Waals surface area contributed by atoms with Gasteiger partial charge in [-0.3, -0.25) is 0 Å². The molecule has 150 valence electrons. The Balaban J connectivity index is 1.60. The Morgan fingerprint density at radius 2 is 2.14 bits per heavy atom. The maximum atomic E-state index is 12.8. The normalized spacial score (nSPS) is 11.8. The lowest BCUT2D eigenvalue weighted by molar-refractivity contribution is 0.0606. The van der Waals surface area contributed by atoms with Crippen LogP contribution < -0.4 is 4.72 Å². The molecule has 11 heteroatoms. The minimum Gasteiger partial charge on any atom is -0.465 e. The zero-order chi connectivity index (χ0) is 20.6. The second-order valence-electron chi connectivity index (χ2n) is 5.94. The molecule has 1 N–H and O–H groups in total. The summed E-state index contributed by atoms with van der Waals surface area (Å²) in [7, 11) is -2.45. The second kappa shape index (κ2) is 7.88. The molecule has 3 aromatic heterocycles. The van der Waals surface area contributed by atoms with Gasteiger partial charge in [0.2, 0.25) is 10.0 Å². The number of hydrogen-bond acceptors (Lipinski definition) is 7. The molecule has 0 aliphatic carbocycles. The average Bonchev–Trinajstić information content (AvgIpc) is 3.42. The number of hydrogen-bond donors (Lipinski definition) is 1. The first-order valence-electron chi connectivity index (χ1n) is 8.26. The van der Waals surface area contributed by atoms with Crippen molar-refractivity contribution >= 4 is 59.7 Å². The molecule has 0 radical (unpaired) electrons. The van der Waals surface area contributed by atoms with Gasteiger partial charge in [0.15, 0.2) is 0 Å².